The fourth-order valence-corrected chi connectivity index (χ4v) is 11.4. The molecule has 28 heavy (non-hydrogen) atoms. The van der Waals surface area contributed by atoms with Crippen molar-refractivity contribution in [1.82, 2.24) is 0 Å². The Morgan fingerprint density at radius 2 is 1.86 bits per heavy atom. The minimum absolute atomic E-state index is 0.324. The van der Waals surface area contributed by atoms with Gasteiger partial charge in [-0.05, 0) is 58.1 Å². The Bertz CT molecular complexity index is 1090. The highest BCUT2D eigenvalue weighted by molar-refractivity contribution is 9.12. The molecule has 0 spiro atoms. The Morgan fingerprint density at radius 1 is 1.07 bits per heavy atom. The molecule has 5 rings (SSSR count). The zero-order chi connectivity index (χ0) is 19.8. The van der Waals surface area contributed by atoms with Crippen molar-refractivity contribution in [3.05, 3.63) is 83.4 Å². The van der Waals surface area contributed by atoms with Gasteiger partial charge in [-0.1, -0.05) is 69.7 Å². The van der Waals surface area contributed by atoms with E-state index in [1.54, 1.807) is 5.20 Å². The third-order valence-electron chi connectivity index (χ3n) is 6.44. The normalized spacial score (nSPS) is 23.3. The van der Waals surface area contributed by atoms with E-state index in [2.05, 4.69) is 89.2 Å². The van der Waals surface area contributed by atoms with Crippen LogP contribution in [0.15, 0.2) is 72.2 Å². The smallest absolute Gasteiger partial charge is 0.230 e. The van der Waals surface area contributed by atoms with Gasteiger partial charge in [-0.25, -0.2) is 0 Å². The van der Waals surface area contributed by atoms with Crippen LogP contribution >= 0.6 is 31.9 Å². The van der Waals surface area contributed by atoms with E-state index < -0.39 is 8.07 Å². The van der Waals surface area contributed by atoms with Gasteiger partial charge in [0.15, 0.2) is 5.76 Å². The number of benzene rings is 1. The van der Waals surface area contributed by atoms with Crippen molar-refractivity contribution < 1.29 is 9.47 Å². The van der Waals surface area contributed by atoms with Crippen molar-refractivity contribution >= 4 is 46.0 Å². The summed E-state index contributed by atoms with van der Waals surface area (Å²) in [6.45, 7) is 9.94. The lowest BCUT2D eigenvalue weighted by molar-refractivity contribution is 0.0734. The molecule has 0 saturated heterocycles. The molecular weight excluding hydrogens is 496 g/mol. The number of hydrogen-bond donors (Lipinski definition) is 0. The summed E-state index contributed by atoms with van der Waals surface area (Å²) in [5.74, 6) is 1.85. The molecule has 1 atom stereocenters. The van der Waals surface area contributed by atoms with E-state index in [1.807, 2.05) is 0 Å². The second-order valence-electron chi connectivity index (χ2n) is 8.53. The van der Waals surface area contributed by atoms with Gasteiger partial charge in [-0.2, -0.15) is 0 Å². The predicted octanol–water partition coefficient (Wildman–Crippen LogP) is 7.26. The van der Waals surface area contributed by atoms with Crippen molar-refractivity contribution in [2.45, 2.75) is 38.9 Å². The van der Waals surface area contributed by atoms with Crippen LogP contribution in [0.25, 0.3) is 6.08 Å². The van der Waals surface area contributed by atoms with Crippen LogP contribution in [-0.2, 0) is 9.47 Å². The number of rotatable bonds is 2. The molecule has 1 unspecified atom stereocenters. The van der Waals surface area contributed by atoms with Crippen molar-refractivity contribution in [3.8, 4) is 0 Å². The molecular formula is C23H22Br2O2Si. The first-order valence-corrected chi connectivity index (χ1v) is 14.2. The van der Waals surface area contributed by atoms with Crippen LogP contribution in [0.4, 0.5) is 0 Å². The molecule has 0 aromatic heterocycles. The average Bonchev–Trinajstić information content (AvgIpc) is 3.30. The minimum Gasteiger partial charge on any atom is -0.458 e. The Morgan fingerprint density at radius 3 is 2.64 bits per heavy atom. The topological polar surface area (TPSA) is 18.5 Å². The fourth-order valence-electron chi connectivity index (χ4n) is 5.55. The average molecular weight is 518 g/mol. The van der Waals surface area contributed by atoms with Crippen LogP contribution in [0.5, 0.6) is 0 Å². The third-order valence-corrected chi connectivity index (χ3v) is 12.1. The summed E-state index contributed by atoms with van der Waals surface area (Å²) in [7, 11) is -1.87. The molecule has 0 fully saturated rings. The van der Waals surface area contributed by atoms with Gasteiger partial charge in [0.05, 0.1) is 12.6 Å². The van der Waals surface area contributed by atoms with Gasteiger partial charge in [0, 0.05) is 16.4 Å². The maximum Gasteiger partial charge on any atom is 0.230 e. The molecule has 0 saturated carbocycles. The van der Waals surface area contributed by atoms with Crippen LogP contribution in [0.1, 0.15) is 36.9 Å². The monoisotopic (exact) mass is 516 g/mol. The summed E-state index contributed by atoms with van der Waals surface area (Å²) < 4.78 is 13.7. The predicted molar refractivity (Wildman–Crippen MR) is 123 cm³/mol. The zero-order valence-electron chi connectivity index (χ0n) is 16.5. The number of allylic oxidation sites excluding steroid dienone is 7. The van der Waals surface area contributed by atoms with Gasteiger partial charge in [-0.3, -0.25) is 0 Å². The summed E-state index contributed by atoms with van der Waals surface area (Å²) >= 11 is 7.55. The van der Waals surface area contributed by atoms with Crippen LogP contribution in [0.3, 0.4) is 0 Å². The standard InChI is InChI=1S/C23H22Br2O2Si/c1-12-8-15-14(6-5-7-18(15)24)22(12)28(3,4)23-13(2)9-16-17(23)10-19-21(20(16)25)27-11-26-19/h5-9,22H,10-11H2,1-4H3. The molecule has 1 aliphatic heterocycles. The second-order valence-corrected chi connectivity index (χ2v) is 14.7. The molecule has 1 aromatic carbocycles. The van der Waals surface area contributed by atoms with Gasteiger partial charge in [-0.15, -0.1) is 0 Å². The highest BCUT2D eigenvalue weighted by atomic mass is 79.9. The van der Waals surface area contributed by atoms with E-state index in [4.69, 9.17) is 9.47 Å². The Labute approximate surface area is 184 Å². The largest absolute Gasteiger partial charge is 0.458 e. The molecule has 5 heteroatoms. The lowest BCUT2D eigenvalue weighted by atomic mass is 9.99. The Hall–Kier alpha value is -1.30. The molecule has 1 aromatic rings. The molecule has 0 radical (unpaired) electrons. The molecule has 0 amide bonds. The van der Waals surface area contributed by atoms with Gasteiger partial charge in [0.25, 0.3) is 0 Å². The SMILES string of the molecule is CC1=CC2=C(Br)C3=C(CC2=C1[Si](C)(C)C1C(C)=Cc2c(Br)cccc21)OCO3. The molecule has 1 heterocycles. The Balaban J connectivity index is 1.67. The van der Waals surface area contributed by atoms with Crippen molar-refractivity contribution in [2.24, 2.45) is 0 Å². The maximum atomic E-state index is 5.78. The Kier molecular flexibility index (Phi) is 4.24. The molecule has 3 aliphatic carbocycles. The van der Waals surface area contributed by atoms with Crippen molar-refractivity contribution in [3.63, 3.8) is 0 Å². The summed E-state index contributed by atoms with van der Waals surface area (Å²) in [5, 5.41) is 1.58. The zero-order valence-corrected chi connectivity index (χ0v) is 20.6. The number of halogens is 2. The van der Waals surface area contributed by atoms with Crippen molar-refractivity contribution in [2.75, 3.05) is 6.79 Å². The summed E-state index contributed by atoms with van der Waals surface area (Å²) in [6, 6.07) is 6.63. The first-order chi connectivity index (χ1) is 13.3. The van der Waals surface area contributed by atoms with Crippen molar-refractivity contribution in [1.29, 1.82) is 0 Å². The highest BCUT2D eigenvalue weighted by Gasteiger charge is 2.45. The lowest BCUT2D eigenvalue weighted by Gasteiger charge is -2.35. The molecule has 0 N–H and O–H groups in total. The quantitative estimate of drug-likeness (QED) is 0.384. The van der Waals surface area contributed by atoms with Gasteiger partial charge < -0.3 is 9.47 Å². The summed E-state index contributed by atoms with van der Waals surface area (Å²) in [4.78, 5) is 0. The van der Waals surface area contributed by atoms with E-state index in [0.29, 0.717) is 12.3 Å². The van der Waals surface area contributed by atoms with Crippen LogP contribution in [-0.4, -0.2) is 14.9 Å². The number of ether oxygens (including phenoxy) is 2. The maximum absolute atomic E-state index is 5.78. The van der Waals surface area contributed by atoms with E-state index in [9.17, 15) is 0 Å². The van der Waals surface area contributed by atoms with E-state index >= 15 is 0 Å². The van der Waals surface area contributed by atoms with E-state index in [1.165, 1.54) is 37.9 Å². The number of hydrogen-bond acceptors (Lipinski definition) is 2. The molecule has 2 nitrogen and oxygen atoms in total. The number of fused-ring (bicyclic) bond motifs is 2. The van der Waals surface area contributed by atoms with E-state index in [0.717, 1.165) is 22.4 Å². The first-order valence-electron chi connectivity index (χ1n) is 9.59. The van der Waals surface area contributed by atoms with Crippen LogP contribution in [0.2, 0.25) is 13.1 Å². The highest BCUT2D eigenvalue weighted by Crippen LogP contribution is 2.53. The third kappa shape index (κ3) is 2.49. The summed E-state index contributed by atoms with van der Waals surface area (Å²) in [6.07, 6.45) is 5.55. The van der Waals surface area contributed by atoms with Crippen LogP contribution < -0.4 is 0 Å². The minimum atomic E-state index is -1.87. The van der Waals surface area contributed by atoms with Gasteiger partial charge >= 0.3 is 0 Å². The molecule has 144 valence electrons. The van der Waals surface area contributed by atoms with Gasteiger partial charge in [0.1, 0.15) is 5.76 Å². The van der Waals surface area contributed by atoms with E-state index in [-0.39, 0.29) is 0 Å². The van der Waals surface area contributed by atoms with Gasteiger partial charge in [0.2, 0.25) is 6.79 Å². The molecule has 4 aliphatic rings. The second kappa shape index (κ2) is 6.35. The lowest BCUT2D eigenvalue weighted by Crippen LogP contribution is -2.38. The fraction of sp³-hybridized carbons (Fsp3) is 0.304. The first kappa shape index (κ1) is 18.7. The molecule has 0 bridgehead atoms. The van der Waals surface area contributed by atoms with Crippen LogP contribution in [0, 0.1) is 0 Å². The summed E-state index contributed by atoms with van der Waals surface area (Å²) in [5.41, 5.74) is 8.90.